The Morgan fingerprint density at radius 1 is 1.22 bits per heavy atom. The summed E-state index contributed by atoms with van der Waals surface area (Å²) in [5, 5.41) is 4.02. The van der Waals surface area contributed by atoms with E-state index >= 15 is 0 Å². The van der Waals surface area contributed by atoms with Crippen LogP contribution in [0, 0.1) is 6.92 Å². The van der Waals surface area contributed by atoms with Crippen LogP contribution in [0.1, 0.15) is 19.4 Å². The summed E-state index contributed by atoms with van der Waals surface area (Å²) < 4.78 is 1.14. The summed E-state index contributed by atoms with van der Waals surface area (Å²) >= 11 is 1.59. The molecule has 2 aromatic heterocycles. The normalized spacial score (nSPS) is 10.9. The first-order chi connectivity index (χ1) is 11.1. The van der Waals surface area contributed by atoms with Crippen molar-refractivity contribution in [3.63, 3.8) is 0 Å². The number of rotatable bonds is 5. The molecule has 0 aliphatic heterocycles. The highest BCUT2D eigenvalue weighted by Crippen LogP contribution is 2.33. The maximum Gasteiger partial charge on any atom is 0.189 e. The number of benzene rings is 1. The summed E-state index contributed by atoms with van der Waals surface area (Å²) in [4.78, 5) is 15.3. The highest BCUT2D eigenvalue weighted by atomic mass is 32.1. The molecule has 0 spiro atoms. The van der Waals surface area contributed by atoms with Gasteiger partial charge in [0.15, 0.2) is 16.8 Å². The number of hydrogen-bond acceptors (Lipinski definition) is 7. The van der Waals surface area contributed by atoms with Crippen molar-refractivity contribution in [1.82, 2.24) is 15.0 Å². The van der Waals surface area contributed by atoms with E-state index in [0.717, 1.165) is 39.8 Å². The monoisotopic (exact) mass is 328 g/mol. The SMILES string of the molecule is CCN(CC)c1ncnc(Nc2nc3c(C)cccc3s2)c1N. The largest absolute Gasteiger partial charge is 0.393 e. The summed E-state index contributed by atoms with van der Waals surface area (Å²) in [6, 6.07) is 6.16. The van der Waals surface area contributed by atoms with Crippen molar-refractivity contribution in [2.45, 2.75) is 20.8 Å². The number of anilines is 4. The lowest BCUT2D eigenvalue weighted by molar-refractivity contribution is 0.844. The first-order valence-electron chi connectivity index (χ1n) is 7.62. The molecule has 0 aliphatic carbocycles. The molecule has 0 saturated heterocycles. The molecule has 3 aromatic rings. The smallest absolute Gasteiger partial charge is 0.189 e. The fourth-order valence-electron chi connectivity index (χ4n) is 2.50. The number of nitrogen functional groups attached to an aromatic ring is 1. The number of aromatic nitrogens is 3. The lowest BCUT2D eigenvalue weighted by atomic mass is 10.2. The molecule has 0 radical (unpaired) electrons. The number of thiazole rings is 1. The number of hydrogen-bond donors (Lipinski definition) is 2. The molecule has 0 saturated carbocycles. The van der Waals surface area contributed by atoms with E-state index in [0.29, 0.717) is 11.5 Å². The highest BCUT2D eigenvalue weighted by molar-refractivity contribution is 7.22. The first kappa shape index (κ1) is 15.5. The molecule has 3 rings (SSSR count). The molecule has 0 atom stereocenters. The van der Waals surface area contributed by atoms with Crippen molar-refractivity contribution in [2.75, 3.05) is 29.0 Å². The molecule has 120 valence electrons. The zero-order valence-electron chi connectivity index (χ0n) is 13.5. The molecular weight excluding hydrogens is 308 g/mol. The topological polar surface area (TPSA) is 80.0 Å². The van der Waals surface area contributed by atoms with Gasteiger partial charge in [-0.25, -0.2) is 15.0 Å². The van der Waals surface area contributed by atoms with Gasteiger partial charge in [0.2, 0.25) is 0 Å². The fraction of sp³-hybridized carbons (Fsp3) is 0.312. The van der Waals surface area contributed by atoms with E-state index in [1.807, 2.05) is 6.07 Å². The van der Waals surface area contributed by atoms with Crippen molar-refractivity contribution in [3.8, 4) is 0 Å². The lowest BCUT2D eigenvalue weighted by Gasteiger charge is -2.21. The Morgan fingerprint density at radius 2 is 2.00 bits per heavy atom. The van der Waals surface area contributed by atoms with Crippen molar-refractivity contribution in [1.29, 1.82) is 0 Å². The van der Waals surface area contributed by atoms with Crippen LogP contribution in [0.5, 0.6) is 0 Å². The molecule has 0 bridgehead atoms. The molecular formula is C16H20N6S. The zero-order valence-corrected chi connectivity index (χ0v) is 14.3. The summed E-state index contributed by atoms with van der Waals surface area (Å²) in [6.45, 7) is 7.90. The van der Waals surface area contributed by atoms with Gasteiger partial charge in [0.1, 0.15) is 12.0 Å². The predicted octanol–water partition coefficient (Wildman–Crippen LogP) is 3.57. The van der Waals surface area contributed by atoms with Crippen molar-refractivity contribution in [3.05, 3.63) is 30.1 Å². The van der Waals surface area contributed by atoms with Gasteiger partial charge in [-0.1, -0.05) is 23.5 Å². The van der Waals surface area contributed by atoms with Gasteiger partial charge in [-0.2, -0.15) is 0 Å². The average Bonchev–Trinajstić information content (AvgIpc) is 2.96. The molecule has 0 amide bonds. The first-order valence-corrected chi connectivity index (χ1v) is 8.44. The van der Waals surface area contributed by atoms with Crippen molar-refractivity contribution < 1.29 is 0 Å². The van der Waals surface area contributed by atoms with Crippen LogP contribution in [0.25, 0.3) is 10.2 Å². The van der Waals surface area contributed by atoms with E-state index in [4.69, 9.17) is 5.73 Å². The Labute approximate surface area is 139 Å². The van der Waals surface area contributed by atoms with Gasteiger partial charge in [-0.15, -0.1) is 0 Å². The minimum absolute atomic E-state index is 0.548. The number of nitrogens with two attached hydrogens (primary N) is 1. The average molecular weight is 328 g/mol. The summed E-state index contributed by atoms with van der Waals surface area (Å²) in [7, 11) is 0. The molecule has 6 nitrogen and oxygen atoms in total. The summed E-state index contributed by atoms with van der Waals surface area (Å²) in [5.74, 6) is 1.35. The quantitative estimate of drug-likeness (QED) is 0.745. The van der Waals surface area contributed by atoms with Gasteiger partial charge in [-0.05, 0) is 32.4 Å². The van der Waals surface area contributed by atoms with Crippen LogP contribution in [0.15, 0.2) is 24.5 Å². The number of nitrogens with zero attached hydrogens (tertiary/aromatic N) is 4. The minimum Gasteiger partial charge on any atom is -0.393 e. The van der Waals surface area contributed by atoms with E-state index in [1.54, 1.807) is 11.3 Å². The van der Waals surface area contributed by atoms with Crippen LogP contribution in [0.3, 0.4) is 0 Å². The molecule has 0 unspecified atom stereocenters. The Bertz CT molecular complexity index is 825. The highest BCUT2D eigenvalue weighted by Gasteiger charge is 2.14. The predicted molar refractivity (Wildman–Crippen MR) is 97.6 cm³/mol. The summed E-state index contributed by atoms with van der Waals surface area (Å²) in [5.41, 5.74) is 8.97. The van der Waals surface area contributed by atoms with Crippen LogP contribution in [0.2, 0.25) is 0 Å². The van der Waals surface area contributed by atoms with E-state index in [1.165, 1.54) is 6.33 Å². The number of nitrogens with one attached hydrogen (secondary N) is 1. The molecule has 2 heterocycles. The zero-order chi connectivity index (χ0) is 16.4. The summed E-state index contributed by atoms with van der Waals surface area (Å²) in [6.07, 6.45) is 1.53. The van der Waals surface area contributed by atoms with E-state index < -0.39 is 0 Å². The second-order valence-corrected chi connectivity index (χ2v) is 6.23. The third-order valence-electron chi connectivity index (χ3n) is 3.77. The maximum atomic E-state index is 6.26. The lowest BCUT2D eigenvalue weighted by Crippen LogP contribution is -2.24. The third-order valence-corrected chi connectivity index (χ3v) is 4.71. The minimum atomic E-state index is 0.548. The number of para-hydroxylation sites is 1. The number of aryl methyl sites for hydroxylation is 1. The molecule has 7 heteroatoms. The molecule has 1 aromatic carbocycles. The maximum absolute atomic E-state index is 6.26. The second-order valence-electron chi connectivity index (χ2n) is 5.20. The third kappa shape index (κ3) is 2.92. The Morgan fingerprint density at radius 3 is 2.70 bits per heavy atom. The number of fused-ring (bicyclic) bond motifs is 1. The second kappa shape index (κ2) is 6.37. The van der Waals surface area contributed by atoms with Crippen LogP contribution in [0.4, 0.5) is 22.5 Å². The Hall–Kier alpha value is -2.41. The van der Waals surface area contributed by atoms with Gasteiger partial charge in [-0.3, -0.25) is 0 Å². The van der Waals surface area contributed by atoms with E-state index in [9.17, 15) is 0 Å². The standard InChI is InChI=1S/C16H20N6S/c1-4-22(5-2)15-12(17)14(18-9-19-15)21-16-20-13-10(3)7-6-8-11(13)23-16/h6-9H,4-5,17H2,1-3H3,(H,18,19,20,21). The molecule has 0 aliphatic rings. The van der Waals surface area contributed by atoms with E-state index in [-0.39, 0.29) is 0 Å². The van der Waals surface area contributed by atoms with Crippen LogP contribution in [-0.4, -0.2) is 28.0 Å². The molecule has 3 N–H and O–H groups in total. The van der Waals surface area contributed by atoms with Crippen molar-refractivity contribution >= 4 is 44.0 Å². The van der Waals surface area contributed by atoms with Gasteiger partial charge in [0.05, 0.1) is 10.2 Å². The Balaban J connectivity index is 1.95. The fourth-order valence-corrected chi connectivity index (χ4v) is 3.44. The van der Waals surface area contributed by atoms with Crippen molar-refractivity contribution in [2.24, 2.45) is 0 Å². The van der Waals surface area contributed by atoms with Crippen LogP contribution < -0.4 is 16.0 Å². The molecule has 0 fully saturated rings. The van der Waals surface area contributed by atoms with Crippen LogP contribution in [-0.2, 0) is 0 Å². The molecule has 23 heavy (non-hydrogen) atoms. The van der Waals surface area contributed by atoms with Gasteiger partial charge >= 0.3 is 0 Å². The van der Waals surface area contributed by atoms with E-state index in [2.05, 4.69) is 58.1 Å². The Kier molecular flexibility index (Phi) is 4.29. The van der Waals surface area contributed by atoms with Gasteiger partial charge in [0, 0.05) is 13.1 Å². The van der Waals surface area contributed by atoms with Gasteiger partial charge < -0.3 is 16.0 Å². The van der Waals surface area contributed by atoms with Gasteiger partial charge in [0.25, 0.3) is 0 Å². The van der Waals surface area contributed by atoms with Crippen LogP contribution >= 0.6 is 11.3 Å².